The van der Waals surface area contributed by atoms with E-state index in [0.29, 0.717) is 31.5 Å². The highest BCUT2D eigenvalue weighted by Crippen LogP contribution is 2.27. The number of benzene rings is 1. The molecule has 3 aliphatic heterocycles. The first-order valence-electron chi connectivity index (χ1n) is 13.0. The van der Waals surface area contributed by atoms with Gasteiger partial charge >= 0.3 is 12.1 Å². The second-order valence-electron chi connectivity index (χ2n) is 9.70. The lowest BCUT2D eigenvalue weighted by Crippen LogP contribution is -2.49. The van der Waals surface area contributed by atoms with E-state index < -0.39 is 12.1 Å². The number of hydrogen-bond acceptors (Lipinski definition) is 6. The number of anilines is 1. The normalized spacial score (nSPS) is 19.0. The molecule has 12 heteroatoms. The van der Waals surface area contributed by atoms with Crippen LogP contribution in [0.1, 0.15) is 48.9 Å². The largest absolute Gasteiger partial charge is 0.490 e. The van der Waals surface area contributed by atoms with Gasteiger partial charge in [0.2, 0.25) is 11.8 Å². The SMILES string of the molecule is O=C(O)C(F)(F)F.O=C1CCC(=O)N(CCCCN2CCN(CC(=O)N3CCCC3)CC2)c2ccccc21. The van der Waals surface area contributed by atoms with E-state index in [9.17, 15) is 27.6 Å². The number of alkyl halides is 3. The van der Waals surface area contributed by atoms with Crippen LogP contribution in [0.15, 0.2) is 24.3 Å². The maximum Gasteiger partial charge on any atom is 0.490 e. The van der Waals surface area contributed by atoms with Crippen LogP contribution in [0.3, 0.4) is 0 Å². The van der Waals surface area contributed by atoms with E-state index in [1.807, 2.05) is 34.1 Å². The van der Waals surface area contributed by atoms with Gasteiger partial charge in [0, 0.05) is 64.2 Å². The fourth-order valence-corrected chi connectivity index (χ4v) is 4.85. The summed E-state index contributed by atoms with van der Waals surface area (Å²) in [5.41, 5.74) is 1.44. The minimum absolute atomic E-state index is 0.0505. The lowest BCUT2D eigenvalue weighted by molar-refractivity contribution is -0.192. The number of aliphatic carboxylic acids is 1. The Morgan fingerprint density at radius 2 is 1.42 bits per heavy atom. The number of unbranched alkanes of at least 4 members (excludes halogenated alkanes) is 1. The van der Waals surface area contributed by atoms with Crippen molar-refractivity contribution in [3.05, 3.63) is 29.8 Å². The van der Waals surface area contributed by atoms with Crippen molar-refractivity contribution in [3.63, 3.8) is 0 Å². The second-order valence-corrected chi connectivity index (χ2v) is 9.70. The summed E-state index contributed by atoms with van der Waals surface area (Å²) in [4.78, 5) is 54.6. The molecule has 0 radical (unpaired) electrons. The number of rotatable bonds is 7. The Hall–Kier alpha value is -2.99. The van der Waals surface area contributed by atoms with Gasteiger partial charge < -0.3 is 19.8 Å². The number of piperazine rings is 1. The molecule has 1 aromatic rings. The van der Waals surface area contributed by atoms with E-state index in [1.165, 1.54) is 0 Å². The minimum Gasteiger partial charge on any atom is -0.475 e. The molecule has 4 rings (SSSR count). The molecular weight excluding hydrogens is 505 g/mol. The molecule has 3 aliphatic rings. The van der Waals surface area contributed by atoms with Crippen molar-refractivity contribution in [1.29, 1.82) is 0 Å². The molecule has 0 unspecified atom stereocenters. The Morgan fingerprint density at radius 3 is 2.05 bits per heavy atom. The number of para-hydroxylation sites is 1. The number of carbonyl (C=O) groups excluding carboxylic acids is 3. The minimum atomic E-state index is -5.08. The predicted molar refractivity (Wildman–Crippen MR) is 134 cm³/mol. The molecule has 2 fully saturated rings. The van der Waals surface area contributed by atoms with Crippen molar-refractivity contribution in [2.75, 3.05) is 63.8 Å². The Bertz CT molecular complexity index is 989. The highest BCUT2D eigenvalue weighted by atomic mass is 19.4. The number of amides is 2. The van der Waals surface area contributed by atoms with Crippen LogP contribution < -0.4 is 4.90 Å². The first kappa shape index (κ1) is 29.6. The van der Waals surface area contributed by atoms with Gasteiger partial charge in [-0.05, 0) is 44.4 Å². The first-order valence-corrected chi connectivity index (χ1v) is 13.0. The highest BCUT2D eigenvalue weighted by molar-refractivity contribution is 6.10. The van der Waals surface area contributed by atoms with E-state index in [-0.39, 0.29) is 17.6 Å². The van der Waals surface area contributed by atoms with E-state index >= 15 is 0 Å². The third-order valence-electron chi connectivity index (χ3n) is 6.99. The highest BCUT2D eigenvalue weighted by Gasteiger charge is 2.38. The quantitative estimate of drug-likeness (QED) is 0.531. The van der Waals surface area contributed by atoms with E-state index in [4.69, 9.17) is 9.90 Å². The summed E-state index contributed by atoms with van der Waals surface area (Å²) in [6.45, 7) is 7.96. The van der Waals surface area contributed by atoms with Gasteiger partial charge in [-0.15, -0.1) is 0 Å². The second kappa shape index (κ2) is 13.7. The van der Waals surface area contributed by atoms with Crippen molar-refractivity contribution in [1.82, 2.24) is 14.7 Å². The maximum absolute atomic E-state index is 12.6. The van der Waals surface area contributed by atoms with Crippen LogP contribution in [0, 0.1) is 0 Å². The number of Topliss-reactive ketones (excluding diaryl/α,β-unsaturated/α-hetero) is 1. The van der Waals surface area contributed by atoms with Crippen LogP contribution >= 0.6 is 0 Å². The van der Waals surface area contributed by atoms with Crippen LogP contribution in [0.4, 0.5) is 18.9 Å². The molecule has 0 spiro atoms. The summed E-state index contributed by atoms with van der Waals surface area (Å²) >= 11 is 0. The Kier molecular flexibility index (Phi) is 10.7. The third kappa shape index (κ3) is 8.52. The van der Waals surface area contributed by atoms with Crippen molar-refractivity contribution in [2.45, 2.75) is 44.7 Å². The number of ketones is 1. The molecule has 2 amide bonds. The Labute approximate surface area is 220 Å². The topological polar surface area (TPSA) is 101 Å². The molecule has 0 bridgehead atoms. The van der Waals surface area contributed by atoms with Crippen LogP contribution in [-0.2, 0) is 14.4 Å². The zero-order chi connectivity index (χ0) is 27.7. The van der Waals surface area contributed by atoms with Gasteiger partial charge in [0.05, 0.1) is 12.2 Å². The Morgan fingerprint density at radius 1 is 0.842 bits per heavy atom. The number of hydrogen-bond donors (Lipinski definition) is 1. The van der Waals surface area contributed by atoms with Crippen molar-refractivity contribution in [2.24, 2.45) is 0 Å². The van der Waals surface area contributed by atoms with Crippen molar-refractivity contribution in [3.8, 4) is 0 Å². The smallest absolute Gasteiger partial charge is 0.475 e. The summed E-state index contributed by atoms with van der Waals surface area (Å²) in [5, 5.41) is 7.12. The zero-order valence-corrected chi connectivity index (χ0v) is 21.4. The number of carbonyl (C=O) groups is 4. The number of nitrogens with zero attached hydrogens (tertiary/aromatic N) is 4. The molecule has 2 saturated heterocycles. The summed E-state index contributed by atoms with van der Waals surface area (Å²) < 4.78 is 31.7. The molecule has 1 N–H and O–H groups in total. The maximum atomic E-state index is 12.6. The molecule has 0 atom stereocenters. The van der Waals surface area contributed by atoms with Crippen LogP contribution in [0.2, 0.25) is 0 Å². The summed E-state index contributed by atoms with van der Waals surface area (Å²) in [5.74, 6) is -2.36. The zero-order valence-electron chi connectivity index (χ0n) is 21.4. The van der Waals surface area contributed by atoms with Gasteiger partial charge in [-0.3, -0.25) is 19.3 Å². The molecule has 3 heterocycles. The number of likely N-dealkylation sites (tertiary alicyclic amines) is 1. The number of halogens is 3. The summed E-state index contributed by atoms with van der Waals surface area (Å²) in [6, 6.07) is 7.48. The molecule has 0 aliphatic carbocycles. The fraction of sp³-hybridized carbons (Fsp3) is 0.615. The molecule has 38 heavy (non-hydrogen) atoms. The van der Waals surface area contributed by atoms with E-state index in [0.717, 1.165) is 77.2 Å². The van der Waals surface area contributed by atoms with Gasteiger partial charge in [-0.2, -0.15) is 13.2 Å². The average Bonchev–Trinajstić information content (AvgIpc) is 3.40. The van der Waals surface area contributed by atoms with Gasteiger partial charge in [-0.25, -0.2) is 4.79 Å². The first-order chi connectivity index (χ1) is 18.1. The molecule has 9 nitrogen and oxygen atoms in total. The van der Waals surface area contributed by atoms with Crippen molar-refractivity contribution >= 4 is 29.3 Å². The lowest BCUT2D eigenvalue weighted by Gasteiger charge is -2.35. The Balaban J connectivity index is 0.000000505. The standard InChI is InChI=1S/C24H34N4O3.C2HF3O2/c29-22-9-10-23(30)28(21-8-2-1-7-20(21)22)14-6-3-11-25-15-17-26(18-16-25)19-24(31)27-12-4-5-13-27;3-2(4,5)1(6)7/h1-2,7-8H,3-6,9-19H2;(H,6,7). The van der Waals surface area contributed by atoms with Crippen molar-refractivity contribution < 1.29 is 37.5 Å². The number of fused-ring (bicyclic) bond motifs is 1. The van der Waals surface area contributed by atoms with E-state index in [2.05, 4.69) is 9.80 Å². The molecule has 0 saturated carbocycles. The molecular formula is C26H35F3N4O5. The lowest BCUT2D eigenvalue weighted by atomic mass is 10.1. The van der Waals surface area contributed by atoms with Crippen LogP contribution in [-0.4, -0.2) is 108 Å². The van der Waals surface area contributed by atoms with E-state index in [1.54, 1.807) is 0 Å². The van der Waals surface area contributed by atoms with Gasteiger partial charge in [0.25, 0.3) is 0 Å². The molecule has 210 valence electrons. The van der Waals surface area contributed by atoms with Crippen LogP contribution in [0.25, 0.3) is 0 Å². The van der Waals surface area contributed by atoms with Gasteiger partial charge in [0.1, 0.15) is 0 Å². The van der Waals surface area contributed by atoms with Crippen LogP contribution in [0.5, 0.6) is 0 Å². The van der Waals surface area contributed by atoms with Gasteiger partial charge in [0.15, 0.2) is 5.78 Å². The summed E-state index contributed by atoms with van der Waals surface area (Å²) in [6.07, 6.45) is -0.258. The summed E-state index contributed by atoms with van der Waals surface area (Å²) in [7, 11) is 0. The third-order valence-corrected chi connectivity index (χ3v) is 6.99. The van der Waals surface area contributed by atoms with Gasteiger partial charge in [-0.1, -0.05) is 12.1 Å². The molecule has 1 aromatic carbocycles. The predicted octanol–water partition coefficient (Wildman–Crippen LogP) is 2.65. The average molecular weight is 541 g/mol. The number of carboxylic acids is 1. The monoisotopic (exact) mass is 540 g/mol. The fourth-order valence-electron chi connectivity index (χ4n) is 4.85. The molecule has 0 aromatic heterocycles. The number of carboxylic acid groups (broad SMARTS) is 1.